The van der Waals surface area contributed by atoms with Gasteiger partial charge in [-0.25, -0.2) is 4.98 Å². The lowest BCUT2D eigenvalue weighted by Gasteiger charge is -2.07. The maximum Gasteiger partial charge on any atom is 0.229 e. The van der Waals surface area contributed by atoms with E-state index in [1.54, 1.807) is 23.1 Å². The maximum absolute atomic E-state index is 12.1. The smallest absolute Gasteiger partial charge is 0.229 e. The Morgan fingerprint density at radius 3 is 2.95 bits per heavy atom. The largest absolute Gasteiger partial charge is 0.302 e. The second-order valence-corrected chi connectivity index (χ2v) is 6.68. The molecule has 0 saturated heterocycles. The fraction of sp³-hybridized carbons (Fsp3) is 0.429. The van der Waals surface area contributed by atoms with E-state index in [9.17, 15) is 4.79 Å². The number of amides is 1. The Balaban J connectivity index is 1.83. The van der Waals surface area contributed by atoms with Gasteiger partial charge in [0.05, 0.1) is 10.2 Å². The van der Waals surface area contributed by atoms with Gasteiger partial charge in [-0.15, -0.1) is 11.8 Å². The zero-order valence-electron chi connectivity index (χ0n) is 10.8. The highest BCUT2D eigenvalue weighted by Gasteiger charge is 2.23. The minimum Gasteiger partial charge on any atom is -0.302 e. The molecule has 2 aromatic rings. The predicted octanol–water partition coefficient (Wildman–Crippen LogP) is 4.15. The molecule has 0 unspecified atom stereocenters. The maximum atomic E-state index is 12.1. The van der Waals surface area contributed by atoms with Gasteiger partial charge in [0, 0.05) is 10.8 Å². The van der Waals surface area contributed by atoms with Gasteiger partial charge in [0.1, 0.15) is 0 Å². The lowest BCUT2D eigenvalue weighted by atomic mass is 10.1. The van der Waals surface area contributed by atoms with E-state index in [0.29, 0.717) is 0 Å². The highest BCUT2D eigenvalue weighted by atomic mass is 32.2. The summed E-state index contributed by atoms with van der Waals surface area (Å²) in [5.41, 5.74) is 1.00. The molecule has 0 radical (unpaired) electrons. The molecule has 19 heavy (non-hydrogen) atoms. The first-order valence-corrected chi connectivity index (χ1v) is 8.56. The Morgan fingerprint density at radius 1 is 1.42 bits per heavy atom. The predicted molar refractivity (Wildman–Crippen MR) is 82.0 cm³/mol. The van der Waals surface area contributed by atoms with Crippen molar-refractivity contribution in [1.29, 1.82) is 0 Å². The fourth-order valence-corrected chi connectivity index (χ4v) is 4.06. The third-order valence-corrected chi connectivity index (χ3v) is 5.26. The first kappa shape index (κ1) is 12.9. The van der Waals surface area contributed by atoms with E-state index in [1.807, 2.05) is 12.3 Å². The number of nitrogens with zero attached hydrogens (tertiary/aromatic N) is 1. The number of carbonyl (C=O) groups excluding carboxylic acids is 1. The van der Waals surface area contributed by atoms with Gasteiger partial charge in [-0.2, -0.15) is 0 Å². The number of hydrogen-bond acceptors (Lipinski definition) is 4. The topological polar surface area (TPSA) is 42.0 Å². The number of para-hydroxylation sites is 1. The van der Waals surface area contributed by atoms with Crippen molar-refractivity contribution in [2.75, 3.05) is 11.6 Å². The highest BCUT2D eigenvalue weighted by molar-refractivity contribution is 7.98. The number of hydrogen-bond donors (Lipinski definition) is 1. The average Bonchev–Trinajstić information content (AvgIpc) is 3.06. The Morgan fingerprint density at radius 2 is 2.21 bits per heavy atom. The Kier molecular flexibility index (Phi) is 3.75. The van der Waals surface area contributed by atoms with Crippen LogP contribution in [0.5, 0.6) is 0 Å². The summed E-state index contributed by atoms with van der Waals surface area (Å²) in [7, 11) is 0. The van der Waals surface area contributed by atoms with Gasteiger partial charge in [-0.1, -0.05) is 30.2 Å². The van der Waals surface area contributed by atoms with E-state index in [0.717, 1.165) is 33.1 Å². The number of thioether (sulfide) groups is 1. The summed E-state index contributed by atoms with van der Waals surface area (Å²) in [5.74, 6) is 0.328. The Labute approximate surface area is 120 Å². The first-order chi connectivity index (χ1) is 9.28. The molecule has 1 heterocycles. The summed E-state index contributed by atoms with van der Waals surface area (Å²) >= 11 is 3.24. The van der Waals surface area contributed by atoms with Crippen LogP contribution >= 0.6 is 23.1 Å². The number of anilines is 1. The number of benzene rings is 1. The molecule has 1 aromatic heterocycles. The minimum absolute atomic E-state index is 0.141. The fourth-order valence-electron chi connectivity index (χ4n) is 2.54. The van der Waals surface area contributed by atoms with E-state index in [-0.39, 0.29) is 11.8 Å². The van der Waals surface area contributed by atoms with Crippen molar-refractivity contribution in [2.24, 2.45) is 5.92 Å². The molecule has 0 bridgehead atoms. The number of nitrogens with one attached hydrogen (secondary N) is 1. The molecule has 0 atom stereocenters. The van der Waals surface area contributed by atoms with Crippen LogP contribution in [-0.2, 0) is 4.79 Å². The molecule has 1 N–H and O–H groups in total. The summed E-state index contributed by atoms with van der Waals surface area (Å²) in [6.45, 7) is 0. The monoisotopic (exact) mass is 292 g/mol. The number of thiazole rings is 1. The number of aromatic nitrogens is 1. The molecule has 1 fully saturated rings. The molecule has 1 aromatic carbocycles. The SMILES string of the molecule is CSc1cccc2sc(NC(=O)C3CCCC3)nc12. The number of rotatable bonds is 3. The molecule has 1 saturated carbocycles. The van der Waals surface area contributed by atoms with E-state index >= 15 is 0 Å². The molecule has 100 valence electrons. The Hall–Kier alpha value is -1.07. The van der Waals surface area contributed by atoms with Gasteiger partial charge >= 0.3 is 0 Å². The molecule has 5 heteroatoms. The molecule has 3 rings (SSSR count). The lowest BCUT2D eigenvalue weighted by molar-refractivity contribution is -0.119. The molecule has 1 aliphatic rings. The quantitative estimate of drug-likeness (QED) is 0.864. The van der Waals surface area contributed by atoms with E-state index in [2.05, 4.69) is 22.4 Å². The van der Waals surface area contributed by atoms with Gasteiger partial charge in [-0.3, -0.25) is 4.79 Å². The van der Waals surface area contributed by atoms with Crippen molar-refractivity contribution >= 4 is 44.4 Å². The zero-order valence-corrected chi connectivity index (χ0v) is 12.4. The zero-order chi connectivity index (χ0) is 13.2. The van der Waals surface area contributed by atoms with E-state index in [1.165, 1.54) is 12.8 Å². The van der Waals surface area contributed by atoms with Crippen molar-refractivity contribution in [3.8, 4) is 0 Å². The standard InChI is InChI=1S/C14H16N2OS2/c1-18-10-7-4-8-11-12(10)15-14(19-11)16-13(17)9-5-2-3-6-9/h4,7-9H,2-3,5-6H2,1H3,(H,15,16,17). The Bertz CT molecular complexity index is 603. The van der Waals surface area contributed by atoms with Crippen molar-refractivity contribution in [1.82, 2.24) is 4.98 Å². The molecule has 1 aliphatic carbocycles. The van der Waals surface area contributed by atoms with Crippen LogP contribution in [0.15, 0.2) is 23.1 Å². The minimum atomic E-state index is 0.141. The summed E-state index contributed by atoms with van der Waals surface area (Å²) in [6, 6.07) is 6.15. The lowest BCUT2D eigenvalue weighted by Crippen LogP contribution is -2.20. The molecule has 1 amide bonds. The molecule has 3 nitrogen and oxygen atoms in total. The van der Waals surface area contributed by atoms with Crippen LogP contribution in [0.4, 0.5) is 5.13 Å². The van der Waals surface area contributed by atoms with Crippen LogP contribution in [0.3, 0.4) is 0 Å². The number of fused-ring (bicyclic) bond motifs is 1. The second kappa shape index (κ2) is 5.51. The molecule has 0 aliphatic heterocycles. The van der Waals surface area contributed by atoms with Crippen LogP contribution in [-0.4, -0.2) is 17.1 Å². The van der Waals surface area contributed by atoms with Gasteiger partial charge in [0.2, 0.25) is 5.91 Å². The van der Waals surface area contributed by atoms with Crippen molar-refractivity contribution < 1.29 is 4.79 Å². The van der Waals surface area contributed by atoms with Crippen LogP contribution in [0.25, 0.3) is 10.2 Å². The first-order valence-electron chi connectivity index (χ1n) is 6.52. The normalized spacial score (nSPS) is 16.1. The van der Waals surface area contributed by atoms with Crippen LogP contribution in [0.2, 0.25) is 0 Å². The third kappa shape index (κ3) is 2.62. The van der Waals surface area contributed by atoms with Crippen molar-refractivity contribution in [3.05, 3.63) is 18.2 Å². The summed E-state index contributed by atoms with van der Waals surface area (Å²) in [6.07, 6.45) is 6.44. The van der Waals surface area contributed by atoms with Gasteiger partial charge in [0.15, 0.2) is 5.13 Å². The van der Waals surface area contributed by atoms with Crippen molar-refractivity contribution in [2.45, 2.75) is 30.6 Å². The molecular formula is C14H16N2OS2. The van der Waals surface area contributed by atoms with Crippen LogP contribution in [0, 0.1) is 5.92 Å². The molecule has 0 spiro atoms. The van der Waals surface area contributed by atoms with Gasteiger partial charge < -0.3 is 5.32 Å². The van der Waals surface area contributed by atoms with Crippen molar-refractivity contribution in [3.63, 3.8) is 0 Å². The summed E-state index contributed by atoms with van der Waals surface area (Å²) in [4.78, 5) is 17.8. The van der Waals surface area contributed by atoms with Gasteiger partial charge in [-0.05, 0) is 31.2 Å². The van der Waals surface area contributed by atoms with Crippen LogP contribution < -0.4 is 5.32 Å². The van der Waals surface area contributed by atoms with E-state index < -0.39 is 0 Å². The summed E-state index contributed by atoms with van der Waals surface area (Å²) < 4.78 is 1.13. The summed E-state index contributed by atoms with van der Waals surface area (Å²) in [5, 5.41) is 3.71. The third-order valence-electron chi connectivity index (χ3n) is 3.56. The highest BCUT2D eigenvalue weighted by Crippen LogP contribution is 2.33. The van der Waals surface area contributed by atoms with Crippen LogP contribution in [0.1, 0.15) is 25.7 Å². The van der Waals surface area contributed by atoms with E-state index in [4.69, 9.17) is 0 Å². The van der Waals surface area contributed by atoms with Gasteiger partial charge in [0.25, 0.3) is 0 Å². The average molecular weight is 292 g/mol. The second-order valence-electron chi connectivity index (χ2n) is 4.80. The number of carbonyl (C=O) groups is 1. The molecular weight excluding hydrogens is 276 g/mol.